The van der Waals surface area contributed by atoms with Gasteiger partial charge in [-0.1, -0.05) is 133 Å². The molecule has 0 aliphatic carbocycles. The number of hydrogen-bond donors (Lipinski definition) is 0. The van der Waals surface area contributed by atoms with E-state index >= 15 is 0 Å². The molecule has 4 aromatic rings. The van der Waals surface area contributed by atoms with E-state index in [0.717, 1.165) is 22.3 Å². The maximum Gasteiger partial charge on any atom is 0.201 e. The Labute approximate surface area is 242 Å². The van der Waals surface area contributed by atoms with Crippen molar-refractivity contribution in [3.05, 3.63) is 169 Å². The van der Waals surface area contributed by atoms with Gasteiger partial charge in [-0.05, 0) is 35.1 Å². The van der Waals surface area contributed by atoms with Gasteiger partial charge < -0.3 is 9.47 Å². The van der Waals surface area contributed by atoms with Crippen LogP contribution in [0.15, 0.2) is 157 Å². The van der Waals surface area contributed by atoms with E-state index in [9.17, 15) is 0 Å². The van der Waals surface area contributed by atoms with Crippen LogP contribution in [0, 0.1) is 5.41 Å². The molecule has 4 heteroatoms. The average molecular weight is 539 g/mol. The van der Waals surface area contributed by atoms with Crippen LogP contribution >= 0.6 is 0 Å². The third-order valence-corrected chi connectivity index (χ3v) is 7.91. The number of hydrogen-bond acceptors (Lipinski definition) is 4. The largest absolute Gasteiger partial charge is 0.469 e. The molecule has 41 heavy (non-hydrogen) atoms. The van der Waals surface area contributed by atoms with Crippen LogP contribution in [0.3, 0.4) is 0 Å². The first-order valence-corrected chi connectivity index (χ1v) is 14.1. The Morgan fingerprint density at radius 3 is 1.15 bits per heavy atom. The van der Waals surface area contributed by atoms with Gasteiger partial charge in [-0.15, -0.1) is 13.2 Å². The highest BCUT2D eigenvalue weighted by molar-refractivity contribution is 6.07. The zero-order valence-electron chi connectivity index (χ0n) is 23.1. The van der Waals surface area contributed by atoms with Gasteiger partial charge in [0.2, 0.25) is 11.8 Å². The van der Waals surface area contributed by atoms with Crippen LogP contribution in [-0.4, -0.2) is 11.8 Å². The summed E-state index contributed by atoms with van der Waals surface area (Å²) in [6, 6.07) is 40.9. The minimum Gasteiger partial charge on any atom is -0.469 e. The number of rotatable bonds is 10. The SMILES string of the molecule is C=CCC(CC=C)(C1=NC(c2ccccc2)[C@@H](c2ccccc2)O1)C1=N[C@H](c2ccccc2)[C@H](c2ccccc2)O1. The van der Waals surface area contributed by atoms with Crippen molar-refractivity contribution < 1.29 is 9.47 Å². The van der Waals surface area contributed by atoms with Gasteiger partial charge >= 0.3 is 0 Å². The molecule has 204 valence electrons. The second-order valence-electron chi connectivity index (χ2n) is 10.5. The summed E-state index contributed by atoms with van der Waals surface area (Å²) >= 11 is 0. The van der Waals surface area contributed by atoms with E-state index in [1.54, 1.807) is 0 Å². The molecule has 0 bridgehead atoms. The van der Waals surface area contributed by atoms with Crippen molar-refractivity contribution in [1.29, 1.82) is 0 Å². The first-order valence-electron chi connectivity index (χ1n) is 14.1. The molecule has 4 nitrogen and oxygen atoms in total. The molecule has 2 aliphatic rings. The zero-order valence-corrected chi connectivity index (χ0v) is 23.1. The highest BCUT2D eigenvalue weighted by Gasteiger charge is 2.51. The topological polar surface area (TPSA) is 43.2 Å². The number of allylic oxidation sites excluding steroid dienone is 2. The minimum atomic E-state index is -0.781. The fourth-order valence-corrected chi connectivity index (χ4v) is 5.89. The monoisotopic (exact) mass is 538 g/mol. The summed E-state index contributed by atoms with van der Waals surface area (Å²) in [6.07, 6.45) is 4.34. The van der Waals surface area contributed by atoms with Crippen molar-refractivity contribution in [2.45, 2.75) is 37.1 Å². The molecule has 0 spiro atoms. The van der Waals surface area contributed by atoms with Crippen molar-refractivity contribution in [3.8, 4) is 0 Å². The van der Waals surface area contributed by atoms with Crippen molar-refractivity contribution in [2.24, 2.45) is 15.4 Å². The van der Waals surface area contributed by atoms with Gasteiger partial charge in [0.25, 0.3) is 0 Å². The molecule has 0 N–H and O–H groups in total. The number of aliphatic imine (C=N–C) groups is 2. The van der Waals surface area contributed by atoms with E-state index in [1.165, 1.54) is 0 Å². The Morgan fingerprint density at radius 1 is 0.512 bits per heavy atom. The predicted octanol–water partition coefficient (Wildman–Crippen LogP) is 8.95. The predicted molar refractivity (Wildman–Crippen MR) is 166 cm³/mol. The molecular formula is C37H34N2O2. The minimum absolute atomic E-state index is 0.209. The van der Waals surface area contributed by atoms with E-state index in [2.05, 4.69) is 61.7 Å². The maximum atomic E-state index is 6.87. The first kappa shape index (κ1) is 26.5. The second kappa shape index (κ2) is 11.8. The lowest BCUT2D eigenvalue weighted by atomic mass is 9.80. The van der Waals surface area contributed by atoms with Crippen molar-refractivity contribution in [1.82, 2.24) is 0 Å². The highest BCUT2D eigenvalue weighted by Crippen LogP contribution is 2.50. The molecule has 1 unspecified atom stereocenters. The molecule has 2 heterocycles. The van der Waals surface area contributed by atoms with Crippen molar-refractivity contribution in [2.75, 3.05) is 0 Å². The summed E-state index contributed by atoms with van der Waals surface area (Å²) in [4.78, 5) is 10.6. The third kappa shape index (κ3) is 5.14. The van der Waals surface area contributed by atoms with Crippen LogP contribution in [0.4, 0.5) is 0 Å². The second-order valence-corrected chi connectivity index (χ2v) is 10.5. The van der Waals surface area contributed by atoms with Crippen LogP contribution in [0.25, 0.3) is 0 Å². The lowest BCUT2D eigenvalue weighted by Gasteiger charge is -2.31. The van der Waals surface area contributed by atoms with Gasteiger partial charge in [0.1, 0.15) is 17.5 Å². The van der Waals surface area contributed by atoms with E-state index in [4.69, 9.17) is 19.5 Å². The van der Waals surface area contributed by atoms with E-state index in [0.29, 0.717) is 24.6 Å². The van der Waals surface area contributed by atoms with E-state index in [-0.39, 0.29) is 24.3 Å². The zero-order chi connectivity index (χ0) is 28.1. The third-order valence-electron chi connectivity index (χ3n) is 7.91. The van der Waals surface area contributed by atoms with Crippen LogP contribution in [-0.2, 0) is 9.47 Å². The first-order chi connectivity index (χ1) is 20.2. The summed E-state index contributed by atoms with van der Waals surface area (Å²) in [7, 11) is 0. The lowest BCUT2D eigenvalue weighted by Crippen LogP contribution is -2.40. The lowest BCUT2D eigenvalue weighted by molar-refractivity contribution is 0.155. The molecular weight excluding hydrogens is 504 g/mol. The van der Waals surface area contributed by atoms with Gasteiger partial charge in [-0.2, -0.15) is 0 Å². The van der Waals surface area contributed by atoms with Gasteiger partial charge in [-0.25, -0.2) is 9.98 Å². The molecule has 0 radical (unpaired) electrons. The van der Waals surface area contributed by atoms with Crippen LogP contribution in [0.1, 0.15) is 59.4 Å². The number of nitrogens with zero attached hydrogens (tertiary/aromatic N) is 2. The van der Waals surface area contributed by atoms with Gasteiger partial charge in [0.15, 0.2) is 12.2 Å². The quantitative estimate of drug-likeness (QED) is 0.189. The fourth-order valence-electron chi connectivity index (χ4n) is 5.89. The highest BCUT2D eigenvalue weighted by atomic mass is 16.5. The molecule has 0 aromatic heterocycles. The van der Waals surface area contributed by atoms with Crippen molar-refractivity contribution >= 4 is 11.8 Å². The van der Waals surface area contributed by atoms with E-state index < -0.39 is 5.41 Å². The molecule has 2 aliphatic heterocycles. The Balaban J connectivity index is 1.47. The summed E-state index contributed by atoms with van der Waals surface area (Å²) < 4.78 is 13.7. The van der Waals surface area contributed by atoms with Crippen LogP contribution in [0.2, 0.25) is 0 Å². The van der Waals surface area contributed by atoms with Gasteiger partial charge in [0.05, 0.1) is 0 Å². The van der Waals surface area contributed by atoms with Gasteiger partial charge in [-0.3, -0.25) is 0 Å². The molecule has 0 amide bonds. The molecule has 6 rings (SSSR count). The van der Waals surface area contributed by atoms with E-state index in [1.807, 2.05) is 84.9 Å². The number of benzene rings is 4. The Hall–Kier alpha value is -4.70. The van der Waals surface area contributed by atoms with Crippen molar-refractivity contribution in [3.63, 3.8) is 0 Å². The summed E-state index contributed by atoms with van der Waals surface area (Å²) in [5, 5.41) is 0. The molecule has 0 fully saturated rings. The molecule has 0 saturated heterocycles. The smallest absolute Gasteiger partial charge is 0.201 e. The average Bonchev–Trinajstić information content (AvgIpc) is 3.69. The molecule has 0 saturated carbocycles. The van der Waals surface area contributed by atoms with Crippen LogP contribution < -0.4 is 0 Å². The fraction of sp³-hybridized carbons (Fsp3) is 0.189. The normalized spacial score (nSPS) is 21.8. The molecule has 4 aromatic carbocycles. The Morgan fingerprint density at radius 2 is 0.829 bits per heavy atom. The summed E-state index contributed by atoms with van der Waals surface area (Å²) in [5.74, 6) is 1.22. The molecule has 4 atom stereocenters. The summed E-state index contributed by atoms with van der Waals surface area (Å²) in [6.45, 7) is 8.25. The number of ether oxygens (including phenoxy) is 2. The summed E-state index contributed by atoms with van der Waals surface area (Å²) in [5.41, 5.74) is 3.56. The maximum absolute atomic E-state index is 6.87. The Bertz CT molecular complexity index is 1410. The van der Waals surface area contributed by atoms with Crippen LogP contribution in [0.5, 0.6) is 0 Å². The Kier molecular flexibility index (Phi) is 7.64. The van der Waals surface area contributed by atoms with Gasteiger partial charge in [0, 0.05) is 0 Å². The standard InChI is InChI=1S/C37H34N2O2/c1-3-25-37(26-4-2,35-38-31(27-17-9-5-10-18-27)33(40-35)29-21-13-7-14-22-29)36-39-32(28-19-11-6-12-20-28)34(41-36)30-23-15-8-16-24-30/h3-24,31-34H,1-2,25-26H2/t31-,32?,33+,34-/m1/s1.